The molecule has 4 nitrogen and oxygen atoms in total. The Morgan fingerprint density at radius 2 is 2.08 bits per heavy atom. The van der Waals surface area contributed by atoms with Crippen LogP contribution in [-0.4, -0.2) is 39.8 Å². The molecule has 0 aromatic heterocycles. The van der Waals surface area contributed by atoms with Crippen molar-refractivity contribution in [2.24, 2.45) is 0 Å². The predicted octanol–water partition coefficient (Wildman–Crippen LogP) is 0.727. The van der Waals surface area contributed by atoms with Gasteiger partial charge in [-0.1, -0.05) is 15.9 Å². The summed E-state index contributed by atoms with van der Waals surface area (Å²) < 4.78 is 29.7. The van der Waals surface area contributed by atoms with E-state index in [4.69, 9.17) is 4.74 Å². The summed E-state index contributed by atoms with van der Waals surface area (Å²) in [4.78, 5) is 0. The molecule has 0 saturated heterocycles. The molecule has 0 saturated carbocycles. The minimum absolute atomic E-state index is 0.142. The minimum Gasteiger partial charge on any atom is -0.385 e. The van der Waals surface area contributed by atoms with E-state index in [2.05, 4.69) is 20.7 Å². The Morgan fingerprint density at radius 1 is 1.38 bits per heavy atom. The fourth-order valence-corrected chi connectivity index (χ4v) is 2.14. The summed E-state index contributed by atoms with van der Waals surface area (Å²) in [7, 11) is -1.52. The zero-order chi connectivity index (χ0) is 10.2. The van der Waals surface area contributed by atoms with Crippen molar-refractivity contribution in [2.45, 2.75) is 12.8 Å². The van der Waals surface area contributed by atoms with Gasteiger partial charge in [0.2, 0.25) is 10.0 Å². The van der Waals surface area contributed by atoms with E-state index in [9.17, 15) is 8.42 Å². The molecular formula is C7H16BrNO3S. The maximum Gasteiger partial charge on any atom is 0.211 e. The van der Waals surface area contributed by atoms with E-state index in [1.807, 2.05) is 0 Å². The zero-order valence-corrected chi connectivity index (χ0v) is 10.2. The van der Waals surface area contributed by atoms with Crippen LogP contribution in [-0.2, 0) is 14.8 Å². The Hall–Kier alpha value is 0.350. The van der Waals surface area contributed by atoms with Gasteiger partial charge >= 0.3 is 0 Å². The smallest absolute Gasteiger partial charge is 0.211 e. The second kappa shape index (κ2) is 7.73. The van der Waals surface area contributed by atoms with Crippen molar-refractivity contribution < 1.29 is 13.2 Å². The van der Waals surface area contributed by atoms with Crippen molar-refractivity contribution in [3.05, 3.63) is 0 Å². The average molecular weight is 274 g/mol. The van der Waals surface area contributed by atoms with Crippen LogP contribution in [0.3, 0.4) is 0 Å². The predicted molar refractivity (Wildman–Crippen MR) is 56.7 cm³/mol. The molecule has 0 rings (SSSR count). The topological polar surface area (TPSA) is 55.4 Å². The van der Waals surface area contributed by atoms with E-state index >= 15 is 0 Å². The van der Waals surface area contributed by atoms with E-state index in [0.717, 1.165) is 11.8 Å². The fraction of sp³-hybridized carbons (Fsp3) is 1.00. The molecule has 0 fully saturated rings. The van der Waals surface area contributed by atoms with Gasteiger partial charge in [0.15, 0.2) is 0 Å². The van der Waals surface area contributed by atoms with Crippen molar-refractivity contribution in [2.75, 3.05) is 31.3 Å². The molecule has 0 aliphatic carbocycles. The summed E-state index contributed by atoms with van der Waals surface area (Å²) in [6.45, 7) is 0.986. The average Bonchev–Trinajstić information content (AvgIpc) is 2.05. The van der Waals surface area contributed by atoms with E-state index in [0.29, 0.717) is 19.6 Å². The van der Waals surface area contributed by atoms with Gasteiger partial charge in [0.05, 0.1) is 5.75 Å². The molecule has 13 heavy (non-hydrogen) atoms. The van der Waals surface area contributed by atoms with Gasteiger partial charge in [-0.25, -0.2) is 13.1 Å². The molecule has 0 spiro atoms. The van der Waals surface area contributed by atoms with Gasteiger partial charge in [-0.3, -0.25) is 0 Å². The van der Waals surface area contributed by atoms with Crippen LogP contribution in [0.5, 0.6) is 0 Å². The number of rotatable bonds is 8. The molecule has 1 N–H and O–H groups in total. The molecule has 0 bridgehead atoms. The van der Waals surface area contributed by atoms with Crippen LogP contribution in [0.15, 0.2) is 0 Å². The molecule has 0 aromatic rings. The monoisotopic (exact) mass is 273 g/mol. The summed E-state index contributed by atoms with van der Waals surface area (Å²) in [5.41, 5.74) is 0. The van der Waals surface area contributed by atoms with Gasteiger partial charge in [0.1, 0.15) is 0 Å². The van der Waals surface area contributed by atoms with E-state index in [-0.39, 0.29) is 5.75 Å². The van der Waals surface area contributed by atoms with Crippen LogP contribution in [0, 0.1) is 0 Å². The lowest BCUT2D eigenvalue weighted by atomic mass is 10.5. The van der Waals surface area contributed by atoms with Crippen LogP contribution < -0.4 is 4.72 Å². The number of sulfonamides is 1. The van der Waals surface area contributed by atoms with Crippen LogP contribution in [0.1, 0.15) is 12.8 Å². The molecule has 0 atom stereocenters. The summed E-state index contributed by atoms with van der Waals surface area (Å²) in [5, 5.41) is 0.813. The lowest BCUT2D eigenvalue weighted by molar-refractivity contribution is 0.199. The third-order valence-electron chi connectivity index (χ3n) is 1.39. The first-order chi connectivity index (χ1) is 6.12. The third kappa shape index (κ3) is 8.67. The highest BCUT2D eigenvalue weighted by Crippen LogP contribution is 1.92. The summed E-state index contributed by atoms with van der Waals surface area (Å²) in [6.07, 6.45) is 1.35. The highest BCUT2D eigenvalue weighted by molar-refractivity contribution is 9.09. The van der Waals surface area contributed by atoms with Crippen molar-refractivity contribution in [1.29, 1.82) is 0 Å². The first-order valence-corrected chi connectivity index (χ1v) is 6.92. The van der Waals surface area contributed by atoms with E-state index in [1.54, 1.807) is 7.11 Å². The molecule has 0 amide bonds. The SMILES string of the molecule is COCCCS(=O)(=O)NCCCBr. The summed E-state index contributed by atoms with van der Waals surface area (Å²) in [5.74, 6) is 0.142. The number of halogens is 1. The lowest BCUT2D eigenvalue weighted by Gasteiger charge is -2.04. The van der Waals surface area contributed by atoms with Crippen molar-refractivity contribution in [1.82, 2.24) is 4.72 Å². The molecule has 6 heteroatoms. The fourth-order valence-electron chi connectivity index (χ4n) is 0.760. The molecule has 80 valence electrons. The summed E-state index contributed by atoms with van der Waals surface area (Å²) in [6, 6.07) is 0. The van der Waals surface area contributed by atoms with Crippen LogP contribution in [0.2, 0.25) is 0 Å². The normalized spacial score (nSPS) is 11.8. The van der Waals surface area contributed by atoms with Crippen molar-refractivity contribution in [3.8, 4) is 0 Å². The van der Waals surface area contributed by atoms with Crippen LogP contribution in [0.4, 0.5) is 0 Å². The number of methoxy groups -OCH3 is 1. The lowest BCUT2D eigenvalue weighted by Crippen LogP contribution is -2.28. The molecule has 0 unspecified atom stereocenters. The van der Waals surface area contributed by atoms with E-state index in [1.165, 1.54) is 0 Å². The highest BCUT2D eigenvalue weighted by atomic mass is 79.9. The molecule has 0 radical (unpaired) electrons. The van der Waals surface area contributed by atoms with Gasteiger partial charge in [0.25, 0.3) is 0 Å². The van der Waals surface area contributed by atoms with Crippen molar-refractivity contribution in [3.63, 3.8) is 0 Å². The number of ether oxygens (including phenoxy) is 1. The van der Waals surface area contributed by atoms with Crippen LogP contribution in [0.25, 0.3) is 0 Å². The number of hydrogen-bond donors (Lipinski definition) is 1. The first kappa shape index (κ1) is 13.4. The maximum absolute atomic E-state index is 11.2. The largest absolute Gasteiger partial charge is 0.385 e. The Kier molecular flexibility index (Phi) is 7.93. The third-order valence-corrected chi connectivity index (χ3v) is 3.42. The Labute approximate surface area is 88.2 Å². The Balaban J connectivity index is 3.55. The Bertz CT molecular complexity index is 190. The summed E-state index contributed by atoms with van der Waals surface area (Å²) >= 11 is 3.23. The number of hydrogen-bond acceptors (Lipinski definition) is 3. The standard InChI is InChI=1S/C7H16BrNO3S/c1-12-6-3-7-13(10,11)9-5-2-4-8/h9H,2-7H2,1H3. The molecular weight excluding hydrogens is 258 g/mol. The first-order valence-electron chi connectivity index (χ1n) is 4.14. The zero-order valence-electron chi connectivity index (χ0n) is 7.75. The number of nitrogens with one attached hydrogen (secondary N) is 1. The molecule has 0 aliphatic heterocycles. The quantitative estimate of drug-likeness (QED) is 0.524. The van der Waals surface area contributed by atoms with E-state index < -0.39 is 10.0 Å². The van der Waals surface area contributed by atoms with Gasteiger partial charge in [0, 0.05) is 25.6 Å². The molecule has 0 heterocycles. The van der Waals surface area contributed by atoms with Gasteiger partial charge in [-0.05, 0) is 12.8 Å². The second-order valence-electron chi connectivity index (χ2n) is 2.60. The minimum atomic E-state index is -3.08. The molecule has 0 aromatic carbocycles. The van der Waals surface area contributed by atoms with Crippen molar-refractivity contribution >= 4 is 26.0 Å². The van der Waals surface area contributed by atoms with Crippen LogP contribution >= 0.6 is 15.9 Å². The molecule has 0 aliphatic rings. The second-order valence-corrected chi connectivity index (χ2v) is 5.32. The van der Waals surface area contributed by atoms with Gasteiger partial charge in [-0.15, -0.1) is 0 Å². The maximum atomic E-state index is 11.2. The van der Waals surface area contributed by atoms with Gasteiger partial charge in [-0.2, -0.15) is 0 Å². The highest BCUT2D eigenvalue weighted by Gasteiger charge is 2.07. The Morgan fingerprint density at radius 3 is 2.62 bits per heavy atom. The van der Waals surface area contributed by atoms with Gasteiger partial charge < -0.3 is 4.74 Å². The number of alkyl halides is 1.